The first-order chi connectivity index (χ1) is 8.50. The van der Waals surface area contributed by atoms with Crippen molar-refractivity contribution in [3.8, 4) is 0 Å². The predicted octanol–water partition coefficient (Wildman–Crippen LogP) is 2.88. The highest BCUT2D eigenvalue weighted by molar-refractivity contribution is 5.09. The molecule has 1 aromatic heterocycles. The van der Waals surface area contributed by atoms with Crippen LogP contribution in [0.25, 0.3) is 0 Å². The quantitative estimate of drug-likeness (QED) is 0.889. The van der Waals surface area contributed by atoms with Gasteiger partial charge in [-0.15, -0.1) is 0 Å². The van der Waals surface area contributed by atoms with Gasteiger partial charge in [-0.3, -0.25) is 0 Å². The second-order valence-corrected chi connectivity index (χ2v) is 4.71. The van der Waals surface area contributed by atoms with Crippen LogP contribution in [0.15, 0.2) is 18.7 Å². The molecular weight excluding hydrogens is 245 g/mol. The lowest BCUT2D eigenvalue weighted by atomic mass is 9.74. The van der Waals surface area contributed by atoms with Crippen LogP contribution in [0.4, 0.5) is 13.2 Å². The second-order valence-electron chi connectivity index (χ2n) is 4.71. The Morgan fingerprint density at radius 2 is 1.78 bits per heavy atom. The standard InChI is InChI=1S/C12H15F3N2O/c13-12(14,15)10-4-2-1-3-9(10)11(18)8-5-16-7-17-6-8/h5-7,9-11,18H,1-4H2. The van der Waals surface area contributed by atoms with Crippen LogP contribution < -0.4 is 0 Å². The molecule has 1 saturated carbocycles. The molecule has 1 aromatic rings. The number of aliphatic hydroxyl groups excluding tert-OH is 1. The highest BCUT2D eigenvalue weighted by Gasteiger charge is 2.47. The molecule has 3 atom stereocenters. The largest absolute Gasteiger partial charge is 0.392 e. The number of hydrogen-bond donors (Lipinski definition) is 1. The highest BCUT2D eigenvalue weighted by Crippen LogP contribution is 2.46. The Morgan fingerprint density at radius 3 is 2.39 bits per heavy atom. The van der Waals surface area contributed by atoms with Crippen LogP contribution >= 0.6 is 0 Å². The summed E-state index contributed by atoms with van der Waals surface area (Å²) in [6.45, 7) is 0. The van der Waals surface area contributed by atoms with Gasteiger partial charge in [0.15, 0.2) is 0 Å². The van der Waals surface area contributed by atoms with Crippen molar-refractivity contribution in [2.24, 2.45) is 11.8 Å². The zero-order chi connectivity index (χ0) is 13.2. The van der Waals surface area contributed by atoms with Gasteiger partial charge in [0.05, 0.1) is 12.0 Å². The minimum Gasteiger partial charge on any atom is -0.388 e. The molecule has 2 rings (SSSR count). The topological polar surface area (TPSA) is 46.0 Å². The summed E-state index contributed by atoms with van der Waals surface area (Å²) in [5.74, 6) is -2.22. The van der Waals surface area contributed by atoms with E-state index in [4.69, 9.17) is 0 Å². The third kappa shape index (κ3) is 2.80. The summed E-state index contributed by atoms with van der Waals surface area (Å²) in [5, 5.41) is 10.1. The van der Waals surface area contributed by atoms with E-state index in [0.717, 1.165) is 6.42 Å². The van der Waals surface area contributed by atoms with Crippen molar-refractivity contribution in [2.45, 2.75) is 38.0 Å². The molecule has 0 radical (unpaired) electrons. The van der Waals surface area contributed by atoms with Crippen molar-refractivity contribution in [2.75, 3.05) is 0 Å². The van der Waals surface area contributed by atoms with E-state index >= 15 is 0 Å². The molecule has 6 heteroatoms. The molecule has 0 spiro atoms. The number of alkyl halides is 3. The Hall–Kier alpha value is -1.17. The van der Waals surface area contributed by atoms with Gasteiger partial charge >= 0.3 is 6.18 Å². The normalized spacial score (nSPS) is 26.9. The van der Waals surface area contributed by atoms with Crippen LogP contribution in [-0.4, -0.2) is 21.3 Å². The summed E-state index contributed by atoms with van der Waals surface area (Å²) in [5.41, 5.74) is 0.360. The lowest BCUT2D eigenvalue weighted by molar-refractivity contribution is -0.207. The Labute approximate surface area is 103 Å². The summed E-state index contributed by atoms with van der Waals surface area (Å²) in [6.07, 6.45) is 0.428. The third-order valence-corrected chi connectivity index (χ3v) is 3.57. The lowest BCUT2D eigenvalue weighted by Crippen LogP contribution is -2.36. The average molecular weight is 260 g/mol. The molecule has 0 aromatic carbocycles. The van der Waals surface area contributed by atoms with E-state index in [1.54, 1.807) is 0 Å². The molecule has 0 saturated heterocycles. The minimum atomic E-state index is -4.25. The van der Waals surface area contributed by atoms with Gasteiger partial charge < -0.3 is 5.11 Å². The Morgan fingerprint density at radius 1 is 1.17 bits per heavy atom. The minimum absolute atomic E-state index is 0.0961. The molecule has 0 amide bonds. The van der Waals surface area contributed by atoms with Crippen LogP contribution in [0, 0.1) is 11.8 Å². The molecule has 1 fully saturated rings. The fraction of sp³-hybridized carbons (Fsp3) is 0.667. The molecule has 1 N–H and O–H groups in total. The predicted molar refractivity (Wildman–Crippen MR) is 58.5 cm³/mol. The van der Waals surface area contributed by atoms with Gasteiger partial charge in [0.1, 0.15) is 6.33 Å². The molecule has 100 valence electrons. The van der Waals surface area contributed by atoms with Gasteiger partial charge in [-0.25, -0.2) is 9.97 Å². The van der Waals surface area contributed by atoms with Crippen molar-refractivity contribution in [3.05, 3.63) is 24.3 Å². The van der Waals surface area contributed by atoms with Crippen molar-refractivity contribution in [3.63, 3.8) is 0 Å². The van der Waals surface area contributed by atoms with Crippen molar-refractivity contribution >= 4 is 0 Å². The van der Waals surface area contributed by atoms with Gasteiger partial charge in [-0.2, -0.15) is 13.2 Å². The first kappa shape index (κ1) is 13.3. The van der Waals surface area contributed by atoms with Gasteiger partial charge in [0.25, 0.3) is 0 Å². The van der Waals surface area contributed by atoms with E-state index in [0.29, 0.717) is 18.4 Å². The lowest BCUT2D eigenvalue weighted by Gasteiger charge is -2.35. The van der Waals surface area contributed by atoms with Crippen molar-refractivity contribution in [1.29, 1.82) is 0 Å². The fourth-order valence-electron chi connectivity index (χ4n) is 2.65. The Kier molecular flexibility index (Phi) is 3.85. The first-order valence-corrected chi connectivity index (χ1v) is 6.00. The molecule has 1 heterocycles. The van der Waals surface area contributed by atoms with Gasteiger partial charge in [0, 0.05) is 23.9 Å². The number of aliphatic hydroxyl groups is 1. The highest BCUT2D eigenvalue weighted by atomic mass is 19.4. The molecule has 18 heavy (non-hydrogen) atoms. The third-order valence-electron chi connectivity index (χ3n) is 3.57. The summed E-state index contributed by atoms with van der Waals surface area (Å²) in [7, 11) is 0. The van der Waals surface area contributed by atoms with E-state index in [9.17, 15) is 18.3 Å². The van der Waals surface area contributed by atoms with Crippen LogP contribution in [0.1, 0.15) is 37.4 Å². The first-order valence-electron chi connectivity index (χ1n) is 6.00. The smallest absolute Gasteiger partial charge is 0.388 e. The van der Waals surface area contributed by atoms with Crippen LogP contribution in [0.3, 0.4) is 0 Å². The van der Waals surface area contributed by atoms with E-state index in [2.05, 4.69) is 9.97 Å². The molecular formula is C12H15F3N2O. The number of nitrogens with zero attached hydrogens (tertiary/aromatic N) is 2. The van der Waals surface area contributed by atoms with E-state index in [-0.39, 0.29) is 6.42 Å². The fourth-order valence-corrected chi connectivity index (χ4v) is 2.65. The van der Waals surface area contributed by atoms with Crippen LogP contribution in [-0.2, 0) is 0 Å². The SMILES string of the molecule is OC(c1cncnc1)C1CCCCC1C(F)(F)F. The molecule has 0 aliphatic heterocycles. The summed E-state index contributed by atoms with van der Waals surface area (Å²) in [6, 6.07) is 0. The van der Waals surface area contributed by atoms with Gasteiger partial charge in [-0.1, -0.05) is 12.8 Å². The van der Waals surface area contributed by atoms with Crippen molar-refractivity contribution in [1.82, 2.24) is 9.97 Å². The maximum absolute atomic E-state index is 12.9. The Bertz CT molecular complexity index is 383. The molecule has 3 unspecified atom stereocenters. The zero-order valence-corrected chi connectivity index (χ0v) is 9.77. The van der Waals surface area contributed by atoms with Crippen LogP contribution in [0.5, 0.6) is 0 Å². The van der Waals surface area contributed by atoms with E-state index in [1.807, 2.05) is 0 Å². The van der Waals surface area contributed by atoms with E-state index < -0.39 is 24.1 Å². The van der Waals surface area contributed by atoms with E-state index in [1.165, 1.54) is 18.7 Å². The van der Waals surface area contributed by atoms with Gasteiger partial charge in [0.2, 0.25) is 0 Å². The molecule has 1 aliphatic rings. The molecule has 3 nitrogen and oxygen atoms in total. The number of rotatable bonds is 2. The van der Waals surface area contributed by atoms with Crippen LogP contribution in [0.2, 0.25) is 0 Å². The maximum atomic E-state index is 12.9. The monoisotopic (exact) mass is 260 g/mol. The van der Waals surface area contributed by atoms with Crippen molar-refractivity contribution < 1.29 is 18.3 Å². The number of hydrogen-bond acceptors (Lipinski definition) is 3. The summed E-state index contributed by atoms with van der Waals surface area (Å²) < 4.78 is 38.8. The summed E-state index contributed by atoms with van der Waals surface area (Å²) >= 11 is 0. The zero-order valence-electron chi connectivity index (χ0n) is 9.77. The Balaban J connectivity index is 2.19. The number of halogens is 3. The average Bonchev–Trinajstić information content (AvgIpc) is 2.38. The number of aromatic nitrogens is 2. The summed E-state index contributed by atoms with van der Waals surface area (Å²) in [4.78, 5) is 7.47. The van der Waals surface area contributed by atoms with Gasteiger partial charge in [-0.05, 0) is 12.8 Å². The second kappa shape index (κ2) is 5.22. The maximum Gasteiger partial charge on any atom is 0.392 e. The molecule has 0 bridgehead atoms. The molecule has 1 aliphatic carbocycles.